The summed E-state index contributed by atoms with van der Waals surface area (Å²) in [5, 5.41) is 0.709. The van der Waals surface area contributed by atoms with Gasteiger partial charge in [-0.15, -0.1) is 0 Å². The Balaban J connectivity index is 1.24. The Bertz CT molecular complexity index is 1170. The van der Waals surface area contributed by atoms with Gasteiger partial charge in [-0.2, -0.15) is 13.2 Å². The summed E-state index contributed by atoms with van der Waals surface area (Å²) in [6, 6.07) is 5.28. The molecule has 0 radical (unpaired) electrons. The van der Waals surface area contributed by atoms with Crippen LogP contribution < -0.4 is 0 Å². The standard InChI is InChI=1S/C26H21Br2F3O2/c27-10-25-17-9-16-21(25)23-15(19(24(25)32)20(17)22(16)28)8-14-12(3-6-18(14)33-23)7-11-1-4-13(5-2-11)26(29,30)31/h1-7,14,16-22H,8-10H2/b12-7-. The van der Waals surface area contributed by atoms with Crippen LogP contribution in [0.5, 0.6) is 0 Å². The van der Waals surface area contributed by atoms with Crippen molar-refractivity contribution in [3.05, 3.63) is 64.4 Å². The molecule has 3 saturated carbocycles. The van der Waals surface area contributed by atoms with E-state index in [1.807, 2.05) is 12.2 Å². The van der Waals surface area contributed by atoms with Gasteiger partial charge in [0.25, 0.3) is 0 Å². The molecule has 1 aromatic carbocycles. The Hall–Kier alpha value is -1.34. The quantitative estimate of drug-likeness (QED) is 0.370. The van der Waals surface area contributed by atoms with Crippen LogP contribution in [0, 0.1) is 40.9 Å². The molecule has 1 aromatic rings. The van der Waals surface area contributed by atoms with E-state index in [1.165, 1.54) is 17.7 Å². The molecule has 0 saturated heterocycles. The Morgan fingerprint density at radius 2 is 1.97 bits per heavy atom. The highest BCUT2D eigenvalue weighted by molar-refractivity contribution is 9.09. The van der Waals surface area contributed by atoms with Crippen LogP contribution in [-0.4, -0.2) is 22.0 Å². The maximum atomic E-state index is 13.8. The summed E-state index contributed by atoms with van der Waals surface area (Å²) < 4.78 is 45.4. The van der Waals surface area contributed by atoms with Gasteiger partial charge in [0, 0.05) is 27.9 Å². The number of alkyl halides is 5. The summed E-state index contributed by atoms with van der Waals surface area (Å²) in [5.74, 6) is 2.89. The molecule has 33 heavy (non-hydrogen) atoms. The molecule has 9 atom stereocenters. The van der Waals surface area contributed by atoms with Gasteiger partial charge < -0.3 is 4.74 Å². The number of rotatable bonds is 2. The summed E-state index contributed by atoms with van der Waals surface area (Å²) in [6.45, 7) is 0. The largest absolute Gasteiger partial charge is 0.490 e. The van der Waals surface area contributed by atoms with Crippen LogP contribution in [0.2, 0.25) is 0 Å². The number of ketones is 1. The van der Waals surface area contributed by atoms with E-state index < -0.39 is 11.7 Å². The van der Waals surface area contributed by atoms with Gasteiger partial charge in [0.1, 0.15) is 17.6 Å². The van der Waals surface area contributed by atoms with Crippen molar-refractivity contribution in [1.29, 1.82) is 0 Å². The van der Waals surface area contributed by atoms with E-state index in [2.05, 4.69) is 37.9 Å². The van der Waals surface area contributed by atoms with Crippen molar-refractivity contribution in [2.75, 3.05) is 5.33 Å². The van der Waals surface area contributed by atoms with Crippen LogP contribution in [0.3, 0.4) is 0 Å². The van der Waals surface area contributed by atoms with E-state index in [9.17, 15) is 18.0 Å². The van der Waals surface area contributed by atoms with Crippen molar-refractivity contribution in [3.8, 4) is 0 Å². The molecule has 0 spiro atoms. The van der Waals surface area contributed by atoms with Crippen molar-refractivity contribution >= 4 is 43.7 Å². The first-order chi connectivity index (χ1) is 15.8. The number of carbonyl (C=O) groups is 1. The highest BCUT2D eigenvalue weighted by Gasteiger charge is 2.79. The van der Waals surface area contributed by atoms with Gasteiger partial charge in [-0.05, 0) is 65.5 Å². The van der Waals surface area contributed by atoms with Gasteiger partial charge in [-0.1, -0.05) is 56.1 Å². The van der Waals surface area contributed by atoms with Crippen LogP contribution in [0.25, 0.3) is 6.08 Å². The number of ether oxygens (including phenoxy) is 1. The molecule has 1 heterocycles. The van der Waals surface area contributed by atoms with Crippen LogP contribution >= 0.6 is 31.9 Å². The molecule has 172 valence electrons. The van der Waals surface area contributed by atoms with Gasteiger partial charge in [0.2, 0.25) is 0 Å². The highest BCUT2D eigenvalue weighted by Crippen LogP contribution is 2.77. The van der Waals surface area contributed by atoms with E-state index in [0.717, 1.165) is 41.9 Å². The molecular weight excluding hydrogens is 561 g/mol. The monoisotopic (exact) mass is 580 g/mol. The second kappa shape index (κ2) is 6.66. The fourth-order valence-corrected chi connectivity index (χ4v) is 10.3. The Kier molecular flexibility index (Phi) is 4.23. The molecule has 3 fully saturated rings. The summed E-state index contributed by atoms with van der Waals surface area (Å²) in [6.07, 6.45) is 3.55. The van der Waals surface area contributed by atoms with Crippen LogP contribution in [0.1, 0.15) is 24.0 Å². The van der Waals surface area contributed by atoms with Crippen molar-refractivity contribution in [2.24, 2.45) is 40.9 Å². The summed E-state index contributed by atoms with van der Waals surface area (Å²) in [5.41, 5.74) is 2.04. The van der Waals surface area contributed by atoms with Gasteiger partial charge in [-0.25, -0.2) is 0 Å². The van der Waals surface area contributed by atoms with E-state index in [-0.39, 0.29) is 29.3 Å². The second-order valence-electron chi connectivity index (χ2n) is 10.4. The van der Waals surface area contributed by atoms with Crippen molar-refractivity contribution in [2.45, 2.75) is 29.9 Å². The van der Waals surface area contributed by atoms with Crippen molar-refractivity contribution < 1.29 is 22.7 Å². The third-order valence-corrected chi connectivity index (χ3v) is 11.5. The summed E-state index contributed by atoms with van der Waals surface area (Å²) in [4.78, 5) is 14.1. The Labute approximate surface area is 206 Å². The van der Waals surface area contributed by atoms with E-state index >= 15 is 0 Å². The second-order valence-corrected chi connectivity index (χ2v) is 12.0. The number of carbonyl (C=O) groups excluding carboxylic acids is 1. The zero-order valence-corrected chi connectivity index (χ0v) is 20.7. The molecule has 0 amide bonds. The molecule has 2 nitrogen and oxygen atoms in total. The minimum Gasteiger partial charge on any atom is -0.490 e. The fraction of sp³-hybridized carbons (Fsp3) is 0.500. The third kappa shape index (κ3) is 2.49. The number of benzene rings is 1. The van der Waals surface area contributed by atoms with Gasteiger partial charge in [0.05, 0.1) is 11.0 Å². The zero-order valence-electron chi connectivity index (χ0n) is 17.5. The molecular formula is C26H21Br2F3O2. The molecule has 1 aliphatic heterocycles. The number of halogens is 5. The molecule has 7 heteroatoms. The number of fused-ring (bicyclic) bond motifs is 5. The average molecular weight is 582 g/mol. The first kappa shape index (κ1) is 21.0. The van der Waals surface area contributed by atoms with Gasteiger partial charge in [-0.3, -0.25) is 4.79 Å². The molecule has 5 aliphatic carbocycles. The van der Waals surface area contributed by atoms with E-state index in [0.29, 0.717) is 33.7 Å². The van der Waals surface area contributed by atoms with Gasteiger partial charge >= 0.3 is 6.18 Å². The minimum atomic E-state index is -4.34. The molecule has 7 rings (SSSR count). The SMILES string of the molecule is O=C1C2C3=C(OC4C=C/C(=C/c5ccc(C(F)(F)F)cc5)C4C3)C3C4CC(C2C4Br)C13CBr. The van der Waals surface area contributed by atoms with E-state index in [1.54, 1.807) is 0 Å². The Morgan fingerprint density at radius 1 is 1.21 bits per heavy atom. The van der Waals surface area contributed by atoms with Crippen LogP contribution in [-0.2, 0) is 15.7 Å². The molecule has 0 aromatic heterocycles. The fourth-order valence-electron chi connectivity index (χ4n) is 8.10. The lowest BCUT2D eigenvalue weighted by molar-refractivity contribution is -0.137. The summed E-state index contributed by atoms with van der Waals surface area (Å²) >= 11 is 7.68. The van der Waals surface area contributed by atoms with E-state index in [4.69, 9.17) is 4.74 Å². The lowest BCUT2D eigenvalue weighted by Crippen LogP contribution is -2.48. The normalized spacial score (nSPS) is 45.2. The topological polar surface area (TPSA) is 26.3 Å². The number of Topliss-reactive ketones (excluding diaryl/α,β-unsaturated/α-hetero) is 1. The average Bonchev–Trinajstić information content (AvgIpc) is 3.44. The minimum absolute atomic E-state index is 0.0652. The predicted molar refractivity (Wildman–Crippen MR) is 125 cm³/mol. The summed E-state index contributed by atoms with van der Waals surface area (Å²) in [7, 11) is 0. The van der Waals surface area contributed by atoms with Crippen LogP contribution in [0.15, 0.2) is 53.3 Å². The zero-order chi connectivity index (χ0) is 22.9. The molecule has 5 bridgehead atoms. The first-order valence-corrected chi connectivity index (χ1v) is 13.5. The predicted octanol–water partition coefficient (Wildman–Crippen LogP) is 6.56. The maximum absolute atomic E-state index is 13.8. The smallest absolute Gasteiger partial charge is 0.416 e. The van der Waals surface area contributed by atoms with Crippen molar-refractivity contribution in [1.82, 2.24) is 0 Å². The van der Waals surface area contributed by atoms with Crippen LogP contribution in [0.4, 0.5) is 13.2 Å². The third-order valence-electron chi connectivity index (χ3n) is 9.31. The number of allylic oxidation sites excluding steroid dienone is 3. The first-order valence-electron chi connectivity index (χ1n) is 11.5. The maximum Gasteiger partial charge on any atom is 0.416 e. The lowest BCUT2D eigenvalue weighted by Gasteiger charge is -2.45. The highest BCUT2D eigenvalue weighted by atomic mass is 79.9. The number of hydrogen-bond donors (Lipinski definition) is 0. The lowest BCUT2D eigenvalue weighted by atomic mass is 9.64. The van der Waals surface area contributed by atoms with Gasteiger partial charge in [0.15, 0.2) is 0 Å². The molecule has 0 N–H and O–H groups in total. The van der Waals surface area contributed by atoms with Crippen molar-refractivity contribution in [3.63, 3.8) is 0 Å². The molecule has 6 aliphatic rings. The Morgan fingerprint density at radius 3 is 2.67 bits per heavy atom. The number of hydrogen-bond acceptors (Lipinski definition) is 2. The molecule has 9 unspecified atom stereocenters.